The van der Waals surface area contributed by atoms with Gasteiger partial charge in [0.15, 0.2) is 0 Å². The molecular formula is C18H21ClN4O2. The third kappa shape index (κ3) is 3.85. The van der Waals surface area contributed by atoms with Crippen LogP contribution in [0.3, 0.4) is 0 Å². The summed E-state index contributed by atoms with van der Waals surface area (Å²) in [5.41, 5.74) is 1.34. The van der Waals surface area contributed by atoms with Gasteiger partial charge in [0.25, 0.3) is 5.56 Å². The monoisotopic (exact) mass is 360 g/mol. The summed E-state index contributed by atoms with van der Waals surface area (Å²) in [5, 5.41) is 4.46. The first-order valence-corrected chi connectivity index (χ1v) is 8.80. The average Bonchev–Trinajstić information content (AvgIpc) is 2.66. The molecule has 0 atom stereocenters. The molecule has 1 aromatic carbocycles. The van der Waals surface area contributed by atoms with Crippen molar-refractivity contribution in [3.63, 3.8) is 0 Å². The van der Waals surface area contributed by atoms with Gasteiger partial charge in [-0.25, -0.2) is 4.68 Å². The summed E-state index contributed by atoms with van der Waals surface area (Å²) in [4.78, 5) is 28.2. The van der Waals surface area contributed by atoms with Crippen LogP contribution < -0.4 is 10.5 Å². The molecule has 3 rings (SSSR count). The van der Waals surface area contributed by atoms with E-state index in [0.717, 1.165) is 5.56 Å². The molecule has 1 fully saturated rings. The van der Waals surface area contributed by atoms with Crippen molar-refractivity contribution in [3.8, 4) is 0 Å². The number of amides is 1. The minimum Gasteiger partial charge on any atom is -0.365 e. The lowest BCUT2D eigenvalue weighted by Gasteiger charge is -2.36. The maximum absolute atomic E-state index is 12.5. The molecule has 1 aliphatic rings. The highest BCUT2D eigenvalue weighted by Gasteiger charge is 2.23. The van der Waals surface area contributed by atoms with Crippen LogP contribution in [0.5, 0.6) is 0 Å². The first kappa shape index (κ1) is 17.5. The molecule has 7 heteroatoms. The Hall–Kier alpha value is -2.34. The summed E-state index contributed by atoms with van der Waals surface area (Å²) in [6.45, 7) is 4.82. The van der Waals surface area contributed by atoms with Crippen LogP contribution in [0.2, 0.25) is 5.02 Å². The summed E-state index contributed by atoms with van der Waals surface area (Å²) in [6.07, 6.45) is 2.15. The van der Waals surface area contributed by atoms with E-state index in [9.17, 15) is 9.59 Å². The van der Waals surface area contributed by atoms with E-state index in [-0.39, 0.29) is 16.5 Å². The Labute approximate surface area is 151 Å². The van der Waals surface area contributed by atoms with Crippen LogP contribution >= 0.6 is 11.6 Å². The molecule has 2 aromatic rings. The number of piperazine rings is 1. The number of rotatable bonds is 4. The van der Waals surface area contributed by atoms with Gasteiger partial charge >= 0.3 is 0 Å². The van der Waals surface area contributed by atoms with Crippen LogP contribution in [-0.2, 0) is 11.3 Å². The van der Waals surface area contributed by atoms with Gasteiger partial charge in [-0.2, -0.15) is 5.10 Å². The highest BCUT2D eigenvalue weighted by molar-refractivity contribution is 6.33. The number of hydrogen-bond donors (Lipinski definition) is 0. The van der Waals surface area contributed by atoms with Crippen LogP contribution in [0.1, 0.15) is 18.9 Å². The summed E-state index contributed by atoms with van der Waals surface area (Å²) < 4.78 is 1.37. The molecule has 25 heavy (non-hydrogen) atoms. The van der Waals surface area contributed by atoms with Gasteiger partial charge in [0.1, 0.15) is 5.02 Å². The second kappa shape index (κ2) is 7.70. The van der Waals surface area contributed by atoms with E-state index in [0.29, 0.717) is 44.8 Å². The zero-order valence-corrected chi connectivity index (χ0v) is 14.9. The van der Waals surface area contributed by atoms with Crippen molar-refractivity contribution in [3.05, 3.63) is 57.5 Å². The fourth-order valence-corrected chi connectivity index (χ4v) is 3.23. The lowest BCUT2D eigenvalue weighted by atomic mass is 10.2. The molecule has 0 N–H and O–H groups in total. The molecule has 2 heterocycles. The molecule has 0 bridgehead atoms. The van der Waals surface area contributed by atoms with E-state index in [4.69, 9.17) is 11.6 Å². The first-order valence-electron chi connectivity index (χ1n) is 8.42. The zero-order chi connectivity index (χ0) is 17.8. The second-order valence-electron chi connectivity index (χ2n) is 6.01. The number of halogens is 1. The van der Waals surface area contributed by atoms with Crippen LogP contribution in [0.4, 0.5) is 5.69 Å². The van der Waals surface area contributed by atoms with E-state index in [2.05, 4.69) is 5.10 Å². The van der Waals surface area contributed by atoms with Crippen molar-refractivity contribution >= 4 is 23.2 Å². The number of anilines is 1. The van der Waals surface area contributed by atoms with Gasteiger partial charge in [0, 0.05) is 32.6 Å². The van der Waals surface area contributed by atoms with Crippen molar-refractivity contribution < 1.29 is 4.79 Å². The predicted octanol–water partition coefficient (Wildman–Crippen LogP) is 2.00. The van der Waals surface area contributed by atoms with Gasteiger partial charge < -0.3 is 9.80 Å². The lowest BCUT2D eigenvalue weighted by molar-refractivity contribution is -0.131. The van der Waals surface area contributed by atoms with E-state index in [1.807, 2.05) is 47.1 Å². The second-order valence-corrected chi connectivity index (χ2v) is 6.39. The fraction of sp³-hybridized carbons (Fsp3) is 0.389. The minimum atomic E-state index is -0.296. The number of nitrogens with zero attached hydrogens (tertiary/aromatic N) is 4. The third-order valence-corrected chi connectivity index (χ3v) is 4.77. The van der Waals surface area contributed by atoms with Crippen molar-refractivity contribution in [2.45, 2.75) is 19.9 Å². The van der Waals surface area contributed by atoms with Gasteiger partial charge in [0.05, 0.1) is 18.4 Å². The van der Waals surface area contributed by atoms with Crippen molar-refractivity contribution in [2.75, 3.05) is 31.1 Å². The largest absolute Gasteiger partial charge is 0.365 e. The van der Waals surface area contributed by atoms with Gasteiger partial charge in [-0.05, 0) is 5.56 Å². The Kier molecular flexibility index (Phi) is 5.38. The normalized spacial score (nSPS) is 14.6. The Balaban J connectivity index is 1.75. The fourth-order valence-electron chi connectivity index (χ4n) is 2.97. The molecule has 1 amide bonds. The van der Waals surface area contributed by atoms with Crippen LogP contribution in [-0.4, -0.2) is 46.8 Å². The molecular weight excluding hydrogens is 340 g/mol. The molecule has 1 saturated heterocycles. The quantitative estimate of drug-likeness (QED) is 0.836. The minimum absolute atomic E-state index is 0.155. The van der Waals surface area contributed by atoms with Crippen molar-refractivity contribution in [1.82, 2.24) is 14.7 Å². The Bertz CT molecular complexity index is 798. The summed E-state index contributed by atoms with van der Waals surface area (Å²) >= 11 is 6.33. The summed E-state index contributed by atoms with van der Waals surface area (Å²) in [5.74, 6) is 0.155. The average molecular weight is 361 g/mol. The molecule has 0 saturated carbocycles. The molecule has 0 unspecified atom stereocenters. The summed E-state index contributed by atoms with van der Waals surface area (Å²) in [6, 6.07) is 9.67. The molecule has 1 aromatic heterocycles. The van der Waals surface area contributed by atoms with Crippen LogP contribution in [0.25, 0.3) is 0 Å². The van der Waals surface area contributed by atoms with E-state index in [1.165, 1.54) is 4.68 Å². The Morgan fingerprint density at radius 2 is 1.84 bits per heavy atom. The number of benzene rings is 1. The van der Waals surface area contributed by atoms with Gasteiger partial charge in [-0.15, -0.1) is 0 Å². The molecule has 0 radical (unpaired) electrons. The van der Waals surface area contributed by atoms with Gasteiger partial charge in [-0.1, -0.05) is 48.9 Å². The molecule has 132 valence electrons. The first-order chi connectivity index (χ1) is 12.1. The van der Waals surface area contributed by atoms with Crippen LogP contribution in [0.15, 0.2) is 41.3 Å². The Morgan fingerprint density at radius 1 is 1.16 bits per heavy atom. The highest BCUT2D eigenvalue weighted by Crippen LogP contribution is 2.22. The molecule has 0 aliphatic carbocycles. The van der Waals surface area contributed by atoms with Crippen molar-refractivity contribution in [1.29, 1.82) is 0 Å². The molecule has 1 aliphatic heterocycles. The van der Waals surface area contributed by atoms with Gasteiger partial charge in [-0.3, -0.25) is 9.59 Å². The molecule has 0 spiro atoms. The Morgan fingerprint density at radius 3 is 2.48 bits per heavy atom. The van der Waals surface area contributed by atoms with Crippen LogP contribution in [0, 0.1) is 0 Å². The predicted molar refractivity (Wildman–Crippen MR) is 98.1 cm³/mol. The topological polar surface area (TPSA) is 58.4 Å². The summed E-state index contributed by atoms with van der Waals surface area (Å²) in [7, 11) is 0. The van der Waals surface area contributed by atoms with Crippen molar-refractivity contribution in [2.24, 2.45) is 0 Å². The SMILES string of the molecule is CCC(=O)N1CCN(c2cnn(Cc3ccccc3)c(=O)c2Cl)CC1. The highest BCUT2D eigenvalue weighted by atomic mass is 35.5. The molecule has 6 nitrogen and oxygen atoms in total. The zero-order valence-electron chi connectivity index (χ0n) is 14.2. The maximum Gasteiger partial charge on any atom is 0.287 e. The van der Waals surface area contributed by atoms with E-state index >= 15 is 0 Å². The van der Waals surface area contributed by atoms with Gasteiger partial charge in [0.2, 0.25) is 5.91 Å². The number of aromatic nitrogens is 2. The van der Waals surface area contributed by atoms with E-state index < -0.39 is 0 Å². The number of hydrogen-bond acceptors (Lipinski definition) is 4. The maximum atomic E-state index is 12.5. The van der Waals surface area contributed by atoms with E-state index in [1.54, 1.807) is 6.20 Å². The number of carbonyl (C=O) groups excluding carboxylic acids is 1. The third-order valence-electron chi connectivity index (χ3n) is 4.42. The smallest absolute Gasteiger partial charge is 0.287 e. The lowest BCUT2D eigenvalue weighted by Crippen LogP contribution is -2.49. The number of carbonyl (C=O) groups is 1. The standard InChI is InChI=1S/C18H21ClN4O2/c1-2-16(24)22-10-8-21(9-11-22)15-12-20-23(18(25)17(15)19)13-14-6-4-3-5-7-14/h3-7,12H,2,8-11,13H2,1H3.